The quantitative estimate of drug-likeness (QED) is 0.751. The Balaban J connectivity index is 1.81. The van der Waals surface area contributed by atoms with Crippen LogP contribution >= 0.6 is 0 Å². The van der Waals surface area contributed by atoms with Gasteiger partial charge in [-0.3, -0.25) is 10.4 Å². The molecule has 1 heterocycles. The number of hydrogen-bond acceptors (Lipinski definition) is 3. The number of rotatable bonds is 2. The molecule has 5 nitrogen and oxygen atoms in total. The lowest BCUT2D eigenvalue weighted by Crippen LogP contribution is -2.17. The van der Waals surface area contributed by atoms with Gasteiger partial charge in [-0.1, -0.05) is 24.3 Å². The Morgan fingerprint density at radius 3 is 2.75 bits per heavy atom. The minimum absolute atomic E-state index is 0.0963. The molecule has 2 N–H and O–H groups in total. The number of carbonyl (C=O) groups is 1. The maximum atomic E-state index is 13.7. The molecule has 0 radical (unpaired) electrons. The summed E-state index contributed by atoms with van der Waals surface area (Å²) in [6, 6.07) is 13.1. The van der Waals surface area contributed by atoms with E-state index in [1.807, 2.05) is 0 Å². The fourth-order valence-electron chi connectivity index (χ4n) is 1.84. The minimum Gasteiger partial charge on any atom is -0.410 e. The van der Waals surface area contributed by atoms with Crippen LogP contribution in [0.5, 0.6) is 5.75 Å². The Morgan fingerprint density at radius 1 is 1.15 bits per heavy atom. The van der Waals surface area contributed by atoms with Crippen LogP contribution < -0.4 is 10.1 Å². The molecule has 0 spiro atoms. The molecule has 0 aliphatic rings. The molecule has 0 bridgehead atoms. The summed E-state index contributed by atoms with van der Waals surface area (Å²) >= 11 is 0. The summed E-state index contributed by atoms with van der Waals surface area (Å²) in [7, 11) is 0. The zero-order valence-electron chi connectivity index (χ0n) is 10.3. The number of amides is 1. The Kier molecular flexibility index (Phi) is 3.04. The van der Waals surface area contributed by atoms with Gasteiger partial charge in [-0.15, -0.1) is 0 Å². The van der Waals surface area contributed by atoms with Gasteiger partial charge in [0.15, 0.2) is 5.82 Å². The number of aromatic nitrogens is 2. The highest BCUT2D eigenvalue weighted by Gasteiger charge is 2.13. The molecule has 0 saturated carbocycles. The molecule has 2 aromatic carbocycles. The van der Waals surface area contributed by atoms with Gasteiger partial charge >= 0.3 is 6.09 Å². The Hall–Kier alpha value is -2.89. The monoisotopic (exact) mass is 271 g/mol. The molecule has 1 aromatic heterocycles. The maximum absolute atomic E-state index is 13.7. The van der Waals surface area contributed by atoms with Gasteiger partial charge in [-0.2, -0.15) is 5.10 Å². The van der Waals surface area contributed by atoms with Crippen LogP contribution in [0.3, 0.4) is 0 Å². The number of nitrogens with one attached hydrogen (secondary N) is 2. The lowest BCUT2D eigenvalue weighted by atomic mass is 10.2. The highest BCUT2D eigenvalue weighted by Crippen LogP contribution is 2.23. The van der Waals surface area contributed by atoms with E-state index in [2.05, 4.69) is 15.5 Å². The number of carbonyl (C=O) groups excluding carboxylic acids is 1. The van der Waals surface area contributed by atoms with Crippen molar-refractivity contribution >= 4 is 22.8 Å². The van der Waals surface area contributed by atoms with Crippen LogP contribution in [0, 0.1) is 5.82 Å². The highest BCUT2D eigenvalue weighted by atomic mass is 19.1. The highest BCUT2D eigenvalue weighted by molar-refractivity contribution is 5.97. The van der Waals surface area contributed by atoms with E-state index in [0.29, 0.717) is 11.3 Å². The van der Waals surface area contributed by atoms with E-state index < -0.39 is 11.9 Å². The molecule has 0 aliphatic heterocycles. The van der Waals surface area contributed by atoms with Crippen LogP contribution in [0.1, 0.15) is 0 Å². The number of H-pyrrole nitrogens is 1. The van der Waals surface area contributed by atoms with Crippen LogP contribution in [-0.2, 0) is 0 Å². The Labute approximate surface area is 113 Å². The number of benzene rings is 2. The fourth-order valence-corrected chi connectivity index (χ4v) is 1.84. The number of ether oxygens (including phenoxy) is 1. The van der Waals surface area contributed by atoms with Crippen molar-refractivity contribution in [3.8, 4) is 5.75 Å². The fraction of sp³-hybridized carbons (Fsp3) is 0. The van der Waals surface area contributed by atoms with Crippen LogP contribution in [-0.4, -0.2) is 16.3 Å². The second kappa shape index (κ2) is 5.00. The van der Waals surface area contributed by atoms with E-state index in [4.69, 9.17) is 4.74 Å². The molecule has 0 unspecified atom stereocenters. The average molecular weight is 271 g/mol. The summed E-state index contributed by atoms with van der Waals surface area (Å²) < 4.78 is 18.8. The summed E-state index contributed by atoms with van der Waals surface area (Å²) in [5.41, 5.74) is 0.500. The standard InChI is InChI=1S/C14H10FN3O2/c15-10-7-4-8-11-12(10)13(18-17-11)16-14(19)20-9-5-2-1-3-6-9/h1-8H,(H2,16,17,18,19). The molecule has 100 valence electrons. The van der Waals surface area contributed by atoms with Crippen molar-refractivity contribution in [1.82, 2.24) is 10.2 Å². The Morgan fingerprint density at radius 2 is 1.95 bits per heavy atom. The van der Waals surface area contributed by atoms with Crippen LogP contribution in [0.25, 0.3) is 10.9 Å². The van der Waals surface area contributed by atoms with Crippen molar-refractivity contribution in [2.24, 2.45) is 0 Å². The predicted octanol–water partition coefficient (Wildman–Crippen LogP) is 3.31. The first kappa shape index (κ1) is 12.2. The maximum Gasteiger partial charge on any atom is 0.418 e. The van der Waals surface area contributed by atoms with Gasteiger partial charge in [0.2, 0.25) is 0 Å². The number of aromatic amines is 1. The van der Waals surface area contributed by atoms with Gasteiger partial charge < -0.3 is 4.74 Å². The number of nitrogens with zero attached hydrogens (tertiary/aromatic N) is 1. The van der Waals surface area contributed by atoms with Gasteiger partial charge in [0.05, 0.1) is 10.9 Å². The molecule has 3 rings (SSSR count). The van der Waals surface area contributed by atoms with Crippen molar-refractivity contribution in [2.45, 2.75) is 0 Å². The lowest BCUT2D eigenvalue weighted by Gasteiger charge is -2.04. The molecule has 0 aliphatic carbocycles. The Bertz CT molecular complexity index is 755. The SMILES string of the molecule is O=C(Nc1n[nH]c2cccc(F)c12)Oc1ccccc1. The van der Waals surface area contributed by atoms with Crippen LogP contribution in [0.4, 0.5) is 15.0 Å². The number of anilines is 1. The zero-order chi connectivity index (χ0) is 13.9. The third-order valence-electron chi connectivity index (χ3n) is 2.71. The molecule has 3 aromatic rings. The van der Waals surface area contributed by atoms with E-state index in [1.54, 1.807) is 42.5 Å². The molecular weight excluding hydrogens is 261 g/mol. The van der Waals surface area contributed by atoms with Gasteiger partial charge in [0, 0.05) is 0 Å². The van der Waals surface area contributed by atoms with Crippen molar-refractivity contribution in [1.29, 1.82) is 0 Å². The molecule has 0 atom stereocenters. The summed E-state index contributed by atoms with van der Waals surface area (Å²) in [5, 5.41) is 9.13. The molecule has 6 heteroatoms. The van der Waals surface area contributed by atoms with Gasteiger partial charge in [-0.25, -0.2) is 9.18 Å². The summed E-state index contributed by atoms with van der Waals surface area (Å²) in [6.07, 6.45) is -0.729. The number of fused-ring (bicyclic) bond motifs is 1. The van der Waals surface area contributed by atoms with E-state index in [9.17, 15) is 9.18 Å². The van der Waals surface area contributed by atoms with E-state index in [1.165, 1.54) is 6.07 Å². The number of hydrogen-bond donors (Lipinski definition) is 2. The van der Waals surface area contributed by atoms with Gasteiger partial charge in [0.25, 0.3) is 0 Å². The second-order valence-corrected chi connectivity index (χ2v) is 4.06. The van der Waals surface area contributed by atoms with E-state index in [0.717, 1.165) is 0 Å². The minimum atomic E-state index is -0.729. The third kappa shape index (κ3) is 2.31. The van der Waals surface area contributed by atoms with E-state index in [-0.39, 0.29) is 11.2 Å². The predicted molar refractivity (Wildman–Crippen MR) is 72.1 cm³/mol. The molecular formula is C14H10FN3O2. The van der Waals surface area contributed by atoms with Crippen molar-refractivity contribution < 1.29 is 13.9 Å². The van der Waals surface area contributed by atoms with E-state index >= 15 is 0 Å². The zero-order valence-corrected chi connectivity index (χ0v) is 10.3. The van der Waals surface area contributed by atoms with Crippen LogP contribution in [0.15, 0.2) is 48.5 Å². The first-order valence-corrected chi connectivity index (χ1v) is 5.90. The van der Waals surface area contributed by atoms with Crippen molar-refractivity contribution in [2.75, 3.05) is 5.32 Å². The smallest absolute Gasteiger partial charge is 0.410 e. The van der Waals surface area contributed by atoms with Crippen LogP contribution in [0.2, 0.25) is 0 Å². The topological polar surface area (TPSA) is 67.0 Å². The second-order valence-electron chi connectivity index (χ2n) is 4.06. The molecule has 0 saturated heterocycles. The lowest BCUT2D eigenvalue weighted by molar-refractivity contribution is 0.215. The first-order valence-electron chi connectivity index (χ1n) is 5.90. The van der Waals surface area contributed by atoms with Gasteiger partial charge in [-0.05, 0) is 24.3 Å². The first-order chi connectivity index (χ1) is 9.74. The number of halogens is 1. The molecule has 1 amide bonds. The van der Waals surface area contributed by atoms with Gasteiger partial charge in [0.1, 0.15) is 11.6 Å². The normalized spacial score (nSPS) is 10.4. The molecule has 20 heavy (non-hydrogen) atoms. The summed E-state index contributed by atoms with van der Waals surface area (Å²) in [6.45, 7) is 0. The van der Waals surface area contributed by atoms with Crippen molar-refractivity contribution in [3.63, 3.8) is 0 Å². The summed E-state index contributed by atoms with van der Waals surface area (Å²) in [5.74, 6) is 0.0237. The van der Waals surface area contributed by atoms with Crippen molar-refractivity contribution in [3.05, 3.63) is 54.3 Å². The largest absolute Gasteiger partial charge is 0.418 e. The average Bonchev–Trinajstić information content (AvgIpc) is 2.84. The summed E-state index contributed by atoms with van der Waals surface area (Å²) in [4.78, 5) is 11.7. The number of para-hydroxylation sites is 1. The third-order valence-corrected chi connectivity index (χ3v) is 2.71. The molecule has 0 fully saturated rings.